The van der Waals surface area contributed by atoms with E-state index in [4.69, 9.17) is 9.84 Å². The molecule has 0 saturated carbocycles. The second kappa shape index (κ2) is 6.00. The summed E-state index contributed by atoms with van der Waals surface area (Å²) in [7, 11) is 0. The van der Waals surface area contributed by atoms with Crippen LogP contribution in [0.25, 0.3) is 0 Å². The molecule has 1 N–H and O–H groups in total. The molecule has 0 amide bonds. The van der Waals surface area contributed by atoms with Crippen LogP contribution in [0.1, 0.15) is 15.9 Å². The monoisotopic (exact) mass is 291 g/mol. The Balaban J connectivity index is 2.09. The molecule has 0 bridgehead atoms. The number of aromatic carboxylic acids is 1. The van der Waals surface area contributed by atoms with Crippen LogP contribution in [0.3, 0.4) is 0 Å². The fourth-order valence-electron chi connectivity index (χ4n) is 1.68. The minimum atomic E-state index is -1.05. The largest absolute Gasteiger partial charge is 0.489 e. The number of nitro benzene ring substituents is 1. The van der Waals surface area contributed by atoms with Crippen molar-refractivity contribution in [1.82, 2.24) is 0 Å². The molecule has 2 rings (SSSR count). The van der Waals surface area contributed by atoms with Crippen molar-refractivity contribution in [2.45, 2.75) is 6.61 Å². The zero-order valence-corrected chi connectivity index (χ0v) is 10.7. The first kappa shape index (κ1) is 14.4. The standard InChI is InChI=1S/C14H10FNO5/c15-11-5-9(6-12(7-11)16(19)20)8-21-13-3-1-10(2-4-13)14(17)18/h1-7H,8H2,(H,17,18). The van der Waals surface area contributed by atoms with E-state index in [0.29, 0.717) is 11.3 Å². The molecular weight excluding hydrogens is 281 g/mol. The van der Waals surface area contributed by atoms with E-state index in [1.807, 2.05) is 0 Å². The van der Waals surface area contributed by atoms with Gasteiger partial charge in [-0.25, -0.2) is 9.18 Å². The Morgan fingerprint density at radius 2 is 1.90 bits per heavy atom. The lowest BCUT2D eigenvalue weighted by Gasteiger charge is -2.06. The van der Waals surface area contributed by atoms with E-state index in [0.717, 1.165) is 12.1 Å². The Hall–Kier alpha value is -2.96. The van der Waals surface area contributed by atoms with E-state index in [-0.39, 0.29) is 17.9 Å². The van der Waals surface area contributed by atoms with Crippen LogP contribution in [0.15, 0.2) is 42.5 Å². The van der Waals surface area contributed by atoms with Crippen molar-refractivity contribution in [1.29, 1.82) is 0 Å². The van der Waals surface area contributed by atoms with E-state index in [2.05, 4.69) is 0 Å². The highest BCUT2D eigenvalue weighted by atomic mass is 19.1. The molecule has 7 heteroatoms. The van der Waals surface area contributed by atoms with Crippen LogP contribution in [0, 0.1) is 15.9 Å². The van der Waals surface area contributed by atoms with Gasteiger partial charge in [0.2, 0.25) is 0 Å². The van der Waals surface area contributed by atoms with Crippen LogP contribution in [-0.2, 0) is 6.61 Å². The Morgan fingerprint density at radius 1 is 1.24 bits per heavy atom. The smallest absolute Gasteiger partial charge is 0.335 e. The first-order valence-electron chi connectivity index (χ1n) is 5.86. The van der Waals surface area contributed by atoms with Gasteiger partial charge in [-0.15, -0.1) is 0 Å². The van der Waals surface area contributed by atoms with Gasteiger partial charge in [0.05, 0.1) is 16.6 Å². The van der Waals surface area contributed by atoms with Crippen LogP contribution in [0.5, 0.6) is 5.75 Å². The van der Waals surface area contributed by atoms with E-state index in [1.54, 1.807) is 0 Å². The minimum Gasteiger partial charge on any atom is -0.489 e. The fraction of sp³-hybridized carbons (Fsp3) is 0.0714. The minimum absolute atomic E-state index is 0.0645. The second-order valence-electron chi connectivity index (χ2n) is 4.19. The molecule has 0 spiro atoms. The van der Waals surface area contributed by atoms with Gasteiger partial charge in [-0.1, -0.05) is 0 Å². The first-order chi connectivity index (χ1) is 9.95. The summed E-state index contributed by atoms with van der Waals surface area (Å²) in [6.45, 7) is -0.0645. The lowest BCUT2D eigenvalue weighted by atomic mass is 10.2. The molecule has 0 aliphatic carbocycles. The van der Waals surface area contributed by atoms with Gasteiger partial charge in [0.1, 0.15) is 18.2 Å². The van der Waals surface area contributed by atoms with Gasteiger partial charge >= 0.3 is 5.97 Å². The summed E-state index contributed by atoms with van der Waals surface area (Å²) in [5.41, 5.74) is 0.0718. The number of rotatable bonds is 5. The topological polar surface area (TPSA) is 89.7 Å². The summed E-state index contributed by atoms with van der Waals surface area (Å²) in [6.07, 6.45) is 0. The van der Waals surface area contributed by atoms with Gasteiger partial charge in [-0.3, -0.25) is 10.1 Å². The maximum Gasteiger partial charge on any atom is 0.335 e. The van der Waals surface area contributed by atoms with Crippen LogP contribution < -0.4 is 4.74 Å². The van der Waals surface area contributed by atoms with Gasteiger partial charge in [-0.2, -0.15) is 0 Å². The molecule has 0 atom stereocenters. The average Bonchev–Trinajstić information content (AvgIpc) is 2.45. The Morgan fingerprint density at radius 3 is 2.48 bits per heavy atom. The van der Waals surface area contributed by atoms with Crippen molar-refractivity contribution in [2.24, 2.45) is 0 Å². The quantitative estimate of drug-likeness (QED) is 0.675. The zero-order valence-electron chi connectivity index (χ0n) is 10.7. The first-order valence-corrected chi connectivity index (χ1v) is 5.86. The number of carboxylic acids is 1. The molecule has 0 heterocycles. The predicted octanol–water partition coefficient (Wildman–Crippen LogP) is 3.01. The molecule has 0 aliphatic heterocycles. The van der Waals surface area contributed by atoms with Gasteiger partial charge in [0, 0.05) is 6.07 Å². The molecule has 21 heavy (non-hydrogen) atoms. The summed E-state index contributed by atoms with van der Waals surface area (Å²) < 4.78 is 18.6. The van der Waals surface area contributed by atoms with Crippen molar-refractivity contribution in [3.8, 4) is 5.75 Å². The van der Waals surface area contributed by atoms with Crippen LogP contribution in [-0.4, -0.2) is 16.0 Å². The number of non-ortho nitro benzene ring substituents is 1. The van der Waals surface area contributed by atoms with Gasteiger partial charge in [0.15, 0.2) is 0 Å². The van der Waals surface area contributed by atoms with E-state index in [1.165, 1.54) is 30.3 Å². The summed E-state index contributed by atoms with van der Waals surface area (Å²) in [4.78, 5) is 20.6. The number of nitrogens with zero attached hydrogens (tertiary/aromatic N) is 1. The van der Waals surface area contributed by atoms with E-state index < -0.39 is 16.7 Å². The summed E-state index contributed by atoms with van der Waals surface area (Å²) in [5.74, 6) is -1.39. The number of hydrogen-bond donors (Lipinski definition) is 1. The number of carbonyl (C=O) groups is 1. The number of carboxylic acid groups (broad SMARTS) is 1. The molecule has 0 radical (unpaired) electrons. The number of benzene rings is 2. The molecule has 6 nitrogen and oxygen atoms in total. The molecule has 2 aromatic rings. The highest BCUT2D eigenvalue weighted by Crippen LogP contribution is 2.19. The average molecular weight is 291 g/mol. The highest BCUT2D eigenvalue weighted by molar-refractivity contribution is 5.87. The molecule has 108 valence electrons. The SMILES string of the molecule is O=C(O)c1ccc(OCc2cc(F)cc([N+](=O)[O-])c2)cc1. The number of halogens is 1. The third-order valence-electron chi connectivity index (χ3n) is 2.66. The van der Waals surface area contributed by atoms with E-state index >= 15 is 0 Å². The van der Waals surface area contributed by atoms with Crippen molar-refractivity contribution in [3.05, 3.63) is 69.5 Å². The maximum absolute atomic E-state index is 13.2. The molecule has 0 saturated heterocycles. The van der Waals surface area contributed by atoms with Crippen molar-refractivity contribution in [3.63, 3.8) is 0 Å². The lowest BCUT2D eigenvalue weighted by Crippen LogP contribution is -1.99. The number of ether oxygens (including phenoxy) is 1. The molecule has 0 fully saturated rings. The molecule has 2 aromatic carbocycles. The van der Waals surface area contributed by atoms with Crippen molar-refractivity contribution < 1.29 is 24.0 Å². The number of nitro groups is 1. The highest BCUT2D eigenvalue weighted by Gasteiger charge is 2.10. The van der Waals surface area contributed by atoms with E-state index in [9.17, 15) is 19.3 Å². The fourth-order valence-corrected chi connectivity index (χ4v) is 1.68. The molecule has 0 unspecified atom stereocenters. The molecular formula is C14H10FNO5. The van der Waals surface area contributed by atoms with Crippen LogP contribution in [0.2, 0.25) is 0 Å². The van der Waals surface area contributed by atoms with Gasteiger partial charge < -0.3 is 9.84 Å². The van der Waals surface area contributed by atoms with Crippen LogP contribution >= 0.6 is 0 Å². The van der Waals surface area contributed by atoms with Gasteiger partial charge in [0.25, 0.3) is 5.69 Å². The lowest BCUT2D eigenvalue weighted by molar-refractivity contribution is -0.385. The normalized spacial score (nSPS) is 10.1. The number of hydrogen-bond acceptors (Lipinski definition) is 4. The predicted molar refractivity (Wildman–Crippen MR) is 70.8 cm³/mol. The Bertz CT molecular complexity index is 684. The molecule has 0 aromatic heterocycles. The zero-order chi connectivity index (χ0) is 15.4. The maximum atomic E-state index is 13.2. The second-order valence-corrected chi connectivity index (χ2v) is 4.19. The van der Waals surface area contributed by atoms with Crippen LogP contribution in [0.4, 0.5) is 10.1 Å². The van der Waals surface area contributed by atoms with Crippen molar-refractivity contribution in [2.75, 3.05) is 0 Å². The van der Waals surface area contributed by atoms with Gasteiger partial charge in [-0.05, 0) is 35.9 Å². The molecule has 0 aliphatic rings. The Kier molecular flexibility index (Phi) is 4.13. The summed E-state index contributed by atoms with van der Waals surface area (Å²) in [6, 6.07) is 8.82. The summed E-state index contributed by atoms with van der Waals surface area (Å²) in [5, 5.41) is 19.4. The summed E-state index contributed by atoms with van der Waals surface area (Å²) >= 11 is 0. The third kappa shape index (κ3) is 3.75. The van der Waals surface area contributed by atoms with Crippen molar-refractivity contribution >= 4 is 11.7 Å². The third-order valence-corrected chi connectivity index (χ3v) is 2.66. The Labute approximate surface area is 118 Å².